The zero-order valence-corrected chi connectivity index (χ0v) is 21.7. The van der Waals surface area contributed by atoms with Gasteiger partial charge < -0.3 is 19.9 Å². The number of benzene rings is 3. The Morgan fingerprint density at radius 2 is 1.63 bits per heavy atom. The number of aromatic hydroxyl groups is 1. The Hall–Kier alpha value is -4.40. The van der Waals surface area contributed by atoms with Crippen LogP contribution in [0.4, 0.5) is 5.69 Å². The van der Waals surface area contributed by atoms with Gasteiger partial charge in [-0.25, -0.2) is 4.79 Å². The highest BCUT2D eigenvalue weighted by Gasteiger charge is 2.28. The van der Waals surface area contributed by atoms with E-state index in [1.165, 1.54) is 18.2 Å². The van der Waals surface area contributed by atoms with E-state index in [1.54, 1.807) is 45.0 Å². The summed E-state index contributed by atoms with van der Waals surface area (Å²) in [7, 11) is 0. The third kappa shape index (κ3) is 8.62. The third-order valence-electron chi connectivity index (χ3n) is 5.56. The smallest absolute Gasteiger partial charge is 0.329 e. The SMILES string of the molecule is CC(C)(C)OC(=O)[C@H](CCc1ccccc1)NC(=O)c1ccc([N+](=O)[O-])c(OCCc2ccc(O)cc2)c1. The molecular weight excluding hydrogens is 488 g/mol. The summed E-state index contributed by atoms with van der Waals surface area (Å²) in [5.74, 6) is -1.06. The summed E-state index contributed by atoms with van der Waals surface area (Å²) in [4.78, 5) is 37.0. The molecule has 0 aromatic heterocycles. The highest BCUT2D eigenvalue weighted by molar-refractivity contribution is 5.97. The Bertz CT molecular complexity index is 1250. The van der Waals surface area contributed by atoms with Gasteiger partial charge in [0.1, 0.15) is 17.4 Å². The number of carbonyl (C=O) groups is 2. The standard InChI is InChI=1S/C29H32N2O7/c1-29(2,3)38-28(34)24(15-11-20-7-5-4-6-8-20)30-27(33)22-12-16-25(31(35)36)26(19-22)37-18-17-21-9-13-23(32)14-10-21/h4-10,12-14,16,19,24,32H,11,15,17-18H2,1-3H3,(H,30,33)/t24-/m0/s1. The molecule has 3 rings (SSSR count). The first-order valence-corrected chi connectivity index (χ1v) is 12.3. The van der Waals surface area contributed by atoms with E-state index in [-0.39, 0.29) is 29.4 Å². The fourth-order valence-electron chi connectivity index (χ4n) is 3.68. The number of nitro groups is 1. The first-order chi connectivity index (χ1) is 18.0. The van der Waals surface area contributed by atoms with Crippen LogP contribution in [0.15, 0.2) is 72.8 Å². The van der Waals surface area contributed by atoms with Crippen LogP contribution in [-0.4, -0.2) is 40.2 Å². The van der Waals surface area contributed by atoms with E-state index >= 15 is 0 Å². The largest absolute Gasteiger partial charge is 0.508 e. The lowest BCUT2D eigenvalue weighted by Gasteiger charge is -2.24. The van der Waals surface area contributed by atoms with Gasteiger partial charge in [-0.2, -0.15) is 0 Å². The lowest BCUT2D eigenvalue weighted by Crippen LogP contribution is -2.44. The van der Waals surface area contributed by atoms with E-state index in [1.807, 2.05) is 30.3 Å². The molecular formula is C29H32N2O7. The highest BCUT2D eigenvalue weighted by Crippen LogP contribution is 2.28. The minimum absolute atomic E-state index is 0.0560. The number of rotatable bonds is 11. The molecule has 0 saturated heterocycles. The van der Waals surface area contributed by atoms with Crippen molar-refractivity contribution in [3.8, 4) is 11.5 Å². The van der Waals surface area contributed by atoms with Crippen LogP contribution >= 0.6 is 0 Å². The van der Waals surface area contributed by atoms with Crippen molar-refractivity contribution in [2.75, 3.05) is 6.61 Å². The van der Waals surface area contributed by atoms with Crippen LogP contribution < -0.4 is 10.1 Å². The molecule has 0 aliphatic rings. The molecule has 0 aliphatic carbocycles. The van der Waals surface area contributed by atoms with Crippen LogP contribution in [0.5, 0.6) is 11.5 Å². The summed E-state index contributed by atoms with van der Waals surface area (Å²) in [6, 6.07) is 19.0. The molecule has 2 N–H and O–H groups in total. The maximum Gasteiger partial charge on any atom is 0.329 e. The zero-order chi connectivity index (χ0) is 27.7. The van der Waals surface area contributed by atoms with Crippen LogP contribution in [0.25, 0.3) is 0 Å². The van der Waals surface area contributed by atoms with Gasteiger partial charge in [-0.05, 0) is 62.9 Å². The molecule has 0 aliphatic heterocycles. The average Bonchev–Trinajstić information content (AvgIpc) is 2.87. The molecule has 0 radical (unpaired) electrons. The fourth-order valence-corrected chi connectivity index (χ4v) is 3.68. The lowest BCUT2D eigenvalue weighted by molar-refractivity contribution is -0.385. The maximum absolute atomic E-state index is 13.1. The van der Waals surface area contributed by atoms with Crippen molar-refractivity contribution >= 4 is 17.6 Å². The second kappa shape index (κ2) is 12.7. The van der Waals surface area contributed by atoms with Crippen molar-refractivity contribution in [3.05, 3.63) is 99.6 Å². The number of ether oxygens (including phenoxy) is 2. The summed E-state index contributed by atoms with van der Waals surface area (Å²) in [6.45, 7) is 5.37. The maximum atomic E-state index is 13.1. The molecule has 9 nitrogen and oxygen atoms in total. The van der Waals surface area contributed by atoms with Gasteiger partial charge >= 0.3 is 11.7 Å². The monoisotopic (exact) mass is 520 g/mol. The summed E-state index contributed by atoms with van der Waals surface area (Å²) in [5.41, 5.74) is 0.982. The first kappa shape index (κ1) is 28.2. The molecule has 0 saturated carbocycles. The van der Waals surface area contributed by atoms with E-state index in [9.17, 15) is 24.8 Å². The zero-order valence-electron chi connectivity index (χ0n) is 21.7. The summed E-state index contributed by atoms with van der Waals surface area (Å²) >= 11 is 0. The number of amides is 1. The van der Waals surface area contributed by atoms with Gasteiger partial charge in [-0.15, -0.1) is 0 Å². The molecule has 1 amide bonds. The minimum Gasteiger partial charge on any atom is -0.508 e. The van der Waals surface area contributed by atoms with Crippen LogP contribution in [0.1, 0.15) is 48.7 Å². The van der Waals surface area contributed by atoms with Crippen molar-refractivity contribution in [2.45, 2.75) is 51.7 Å². The van der Waals surface area contributed by atoms with Crippen molar-refractivity contribution in [3.63, 3.8) is 0 Å². The van der Waals surface area contributed by atoms with Gasteiger partial charge in [0.05, 0.1) is 11.5 Å². The second-order valence-electron chi connectivity index (χ2n) is 9.79. The number of phenolic OH excluding ortho intramolecular Hbond substituents is 1. The quantitative estimate of drug-likeness (QED) is 0.207. The molecule has 9 heteroatoms. The minimum atomic E-state index is -0.920. The highest BCUT2D eigenvalue weighted by atomic mass is 16.6. The summed E-state index contributed by atoms with van der Waals surface area (Å²) in [5, 5.41) is 23.7. The van der Waals surface area contributed by atoms with Crippen molar-refractivity contribution in [1.82, 2.24) is 5.32 Å². The summed E-state index contributed by atoms with van der Waals surface area (Å²) < 4.78 is 11.2. The lowest BCUT2D eigenvalue weighted by atomic mass is 10.0. The van der Waals surface area contributed by atoms with E-state index < -0.39 is 28.4 Å². The van der Waals surface area contributed by atoms with Crippen molar-refractivity contribution < 1.29 is 29.1 Å². The Balaban J connectivity index is 1.74. The molecule has 0 heterocycles. The van der Waals surface area contributed by atoms with Gasteiger partial charge in [0.25, 0.3) is 5.91 Å². The molecule has 38 heavy (non-hydrogen) atoms. The van der Waals surface area contributed by atoms with Gasteiger partial charge in [0.15, 0.2) is 5.75 Å². The Morgan fingerprint density at radius 3 is 2.26 bits per heavy atom. The Morgan fingerprint density at radius 1 is 0.974 bits per heavy atom. The molecule has 3 aromatic rings. The van der Waals surface area contributed by atoms with Gasteiger partial charge in [0.2, 0.25) is 0 Å². The number of aryl methyl sites for hydroxylation is 1. The number of nitrogens with one attached hydrogen (secondary N) is 1. The van der Waals surface area contributed by atoms with E-state index in [0.717, 1.165) is 11.1 Å². The topological polar surface area (TPSA) is 128 Å². The number of carbonyl (C=O) groups excluding carboxylic acids is 2. The van der Waals surface area contributed by atoms with Gasteiger partial charge in [0, 0.05) is 24.1 Å². The van der Waals surface area contributed by atoms with Crippen LogP contribution in [0, 0.1) is 10.1 Å². The Labute approximate surface area is 221 Å². The normalized spacial score (nSPS) is 11.9. The fraction of sp³-hybridized carbons (Fsp3) is 0.310. The van der Waals surface area contributed by atoms with Crippen molar-refractivity contribution in [1.29, 1.82) is 0 Å². The molecule has 0 unspecified atom stereocenters. The van der Waals surface area contributed by atoms with E-state index in [0.29, 0.717) is 19.3 Å². The predicted octanol–water partition coefficient (Wildman–Crippen LogP) is 4.99. The molecule has 1 atom stereocenters. The second-order valence-corrected chi connectivity index (χ2v) is 9.79. The number of nitrogens with zero attached hydrogens (tertiary/aromatic N) is 1. The number of nitro benzene ring substituents is 1. The van der Waals surface area contributed by atoms with Crippen LogP contribution in [0.2, 0.25) is 0 Å². The average molecular weight is 521 g/mol. The van der Waals surface area contributed by atoms with Crippen LogP contribution in [-0.2, 0) is 22.4 Å². The van der Waals surface area contributed by atoms with Crippen LogP contribution in [0.3, 0.4) is 0 Å². The number of esters is 1. The van der Waals surface area contributed by atoms with E-state index in [4.69, 9.17) is 9.47 Å². The molecule has 0 bridgehead atoms. The number of hydrogen-bond acceptors (Lipinski definition) is 7. The number of hydrogen-bond donors (Lipinski definition) is 2. The third-order valence-corrected chi connectivity index (χ3v) is 5.56. The number of phenols is 1. The molecule has 0 fully saturated rings. The van der Waals surface area contributed by atoms with E-state index in [2.05, 4.69) is 5.32 Å². The van der Waals surface area contributed by atoms with Gasteiger partial charge in [-0.1, -0.05) is 42.5 Å². The molecule has 0 spiro atoms. The van der Waals surface area contributed by atoms with Gasteiger partial charge in [-0.3, -0.25) is 14.9 Å². The molecule has 200 valence electrons. The Kier molecular flexibility index (Phi) is 9.43. The predicted molar refractivity (Wildman–Crippen MR) is 142 cm³/mol. The molecule has 3 aromatic carbocycles. The first-order valence-electron chi connectivity index (χ1n) is 12.3. The summed E-state index contributed by atoms with van der Waals surface area (Å²) in [6.07, 6.45) is 1.29. The van der Waals surface area contributed by atoms with Crippen molar-refractivity contribution in [2.24, 2.45) is 0 Å².